The number of benzene rings is 1. The number of aryl methyl sites for hydroxylation is 1. The maximum absolute atomic E-state index is 11.5. The number of anilines is 1. The molecule has 17 heavy (non-hydrogen) atoms. The highest BCUT2D eigenvalue weighted by atomic mass is 16.5. The van der Waals surface area contributed by atoms with E-state index in [-0.39, 0.29) is 5.97 Å². The lowest BCUT2D eigenvalue weighted by molar-refractivity contribution is 0.0600. The molecule has 2 rings (SSSR count). The van der Waals surface area contributed by atoms with E-state index < -0.39 is 0 Å². The number of ether oxygens (including phenoxy) is 1. The Morgan fingerprint density at radius 2 is 2.41 bits per heavy atom. The molecular formula is C14H17NO2. The molecule has 0 aromatic heterocycles. The first-order valence-electron chi connectivity index (χ1n) is 5.83. The van der Waals surface area contributed by atoms with E-state index in [1.807, 2.05) is 24.3 Å². The summed E-state index contributed by atoms with van der Waals surface area (Å²) in [6.07, 6.45) is 4.04. The lowest BCUT2D eigenvalue weighted by Crippen LogP contribution is -2.29. The van der Waals surface area contributed by atoms with Crippen LogP contribution in [0.2, 0.25) is 0 Å². The maximum Gasteiger partial charge on any atom is 0.337 e. The van der Waals surface area contributed by atoms with Gasteiger partial charge >= 0.3 is 5.97 Å². The first-order valence-corrected chi connectivity index (χ1v) is 5.83. The monoisotopic (exact) mass is 231 g/mol. The minimum atomic E-state index is -0.270. The first kappa shape index (κ1) is 11.7. The van der Waals surface area contributed by atoms with E-state index >= 15 is 0 Å². The Labute approximate surface area is 102 Å². The van der Waals surface area contributed by atoms with Crippen molar-refractivity contribution in [1.82, 2.24) is 0 Å². The van der Waals surface area contributed by atoms with Crippen molar-refractivity contribution in [2.75, 3.05) is 25.1 Å². The molecule has 0 radical (unpaired) electrons. The minimum Gasteiger partial charge on any atom is -0.465 e. The van der Waals surface area contributed by atoms with Crippen LogP contribution in [0, 0.1) is 0 Å². The molecule has 0 saturated heterocycles. The second-order valence-electron chi connectivity index (χ2n) is 4.17. The van der Waals surface area contributed by atoms with Crippen LogP contribution in [-0.4, -0.2) is 26.2 Å². The predicted octanol–water partition coefficient (Wildman–Crippen LogP) is 2.41. The van der Waals surface area contributed by atoms with Crippen molar-refractivity contribution in [3.05, 3.63) is 42.0 Å². The molecule has 3 nitrogen and oxygen atoms in total. The van der Waals surface area contributed by atoms with Crippen LogP contribution >= 0.6 is 0 Å². The molecule has 1 aliphatic rings. The average Bonchev–Trinajstić information content (AvgIpc) is 2.38. The zero-order valence-corrected chi connectivity index (χ0v) is 10.1. The summed E-state index contributed by atoms with van der Waals surface area (Å²) >= 11 is 0. The summed E-state index contributed by atoms with van der Waals surface area (Å²) in [6.45, 7) is 5.67. The van der Waals surface area contributed by atoms with Gasteiger partial charge in [0.25, 0.3) is 0 Å². The van der Waals surface area contributed by atoms with Gasteiger partial charge < -0.3 is 9.64 Å². The van der Waals surface area contributed by atoms with Gasteiger partial charge in [-0.2, -0.15) is 0 Å². The van der Waals surface area contributed by atoms with E-state index in [1.54, 1.807) is 0 Å². The normalized spacial score (nSPS) is 14.1. The van der Waals surface area contributed by atoms with Gasteiger partial charge in [-0.3, -0.25) is 0 Å². The molecule has 0 bridgehead atoms. The quantitative estimate of drug-likeness (QED) is 0.591. The van der Waals surface area contributed by atoms with Crippen molar-refractivity contribution in [2.24, 2.45) is 0 Å². The van der Waals surface area contributed by atoms with E-state index in [2.05, 4.69) is 11.5 Å². The third-order valence-electron chi connectivity index (χ3n) is 3.06. The lowest BCUT2D eigenvalue weighted by atomic mass is 9.99. The van der Waals surface area contributed by atoms with Gasteiger partial charge in [0.05, 0.1) is 12.7 Å². The molecule has 0 amide bonds. The van der Waals surface area contributed by atoms with Crippen LogP contribution in [0.1, 0.15) is 22.3 Å². The second-order valence-corrected chi connectivity index (χ2v) is 4.17. The van der Waals surface area contributed by atoms with Crippen LogP contribution in [0.25, 0.3) is 0 Å². The van der Waals surface area contributed by atoms with E-state index in [4.69, 9.17) is 4.74 Å². The van der Waals surface area contributed by atoms with Crippen LogP contribution < -0.4 is 4.90 Å². The third-order valence-corrected chi connectivity index (χ3v) is 3.06. The Hall–Kier alpha value is -1.77. The summed E-state index contributed by atoms with van der Waals surface area (Å²) in [7, 11) is 1.41. The molecule has 0 unspecified atom stereocenters. The fourth-order valence-electron chi connectivity index (χ4n) is 2.27. The van der Waals surface area contributed by atoms with Crippen molar-refractivity contribution >= 4 is 11.7 Å². The standard InChI is InChI=1S/C14H17NO2/c1-3-8-15-9-4-5-11-10-12(14(16)17-2)6-7-13(11)15/h3,6-7,10H,1,4-5,8-9H2,2H3. The number of hydrogen-bond donors (Lipinski definition) is 0. The van der Waals surface area contributed by atoms with Crippen molar-refractivity contribution in [2.45, 2.75) is 12.8 Å². The Morgan fingerprint density at radius 3 is 3.12 bits per heavy atom. The molecule has 1 aromatic carbocycles. The van der Waals surface area contributed by atoms with Gasteiger partial charge in [0.15, 0.2) is 0 Å². The topological polar surface area (TPSA) is 29.5 Å². The van der Waals surface area contributed by atoms with Gasteiger partial charge in [-0.15, -0.1) is 6.58 Å². The zero-order valence-electron chi connectivity index (χ0n) is 10.1. The molecule has 0 fully saturated rings. The van der Waals surface area contributed by atoms with Crippen LogP contribution in [0.3, 0.4) is 0 Å². The number of rotatable bonds is 3. The molecule has 1 aromatic rings. The van der Waals surface area contributed by atoms with E-state index in [0.29, 0.717) is 5.56 Å². The summed E-state index contributed by atoms with van der Waals surface area (Å²) in [4.78, 5) is 13.7. The number of fused-ring (bicyclic) bond motifs is 1. The number of hydrogen-bond acceptors (Lipinski definition) is 3. The van der Waals surface area contributed by atoms with Crippen LogP contribution in [0.5, 0.6) is 0 Å². The van der Waals surface area contributed by atoms with Crippen molar-refractivity contribution in [3.8, 4) is 0 Å². The highest BCUT2D eigenvalue weighted by Gasteiger charge is 2.17. The van der Waals surface area contributed by atoms with Crippen LogP contribution in [-0.2, 0) is 11.2 Å². The summed E-state index contributed by atoms with van der Waals surface area (Å²) in [5.74, 6) is -0.270. The van der Waals surface area contributed by atoms with Crippen LogP contribution in [0.15, 0.2) is 30.9 Å². The SMILES string of the molecule is C=CCN1CCCc2cc(C(=O)OC)ccc21. The van der Waals surface area contributed by atoms with Gasteiger partial charge in [0, 0.05) is 18.8 Å². The fraction of sp³-hybridized carbons (Fsp3) is 0.357. The summed E-state index contributed by atoms with van der Waals surface area (Å²) in [5, 5.41) is 0. The Balaban J connectivity index is 2.32. The minimum absolute atomic E-state index is 0.270. The average molecular weight is 231 g/mol. The molecule has 1 aliphatic heterocycles. The van der Waals surface area contributed by atoms with Gasteiger partial charge in [-0.25, -0.2) is 4.79 Å². The molecule has 0 spiro atoms. The van der Waals surface area contributed by atoms with Gasteiger partial charge in [-0.1, -0.05) is 6.08 Å². The first-order chi connectivity index (χ1) is 8.26. The largest absolute Gasteiger partial charge is 0.465 e. The summed E-state index contributed by atoms with van der Waals surface area (Å²) in [5.41, 5.74) is 3.07. The van der Waals surface area contributed by atoms with Crippen molar-refractivity contribution in [3.63, 3.8) is 0 Å². The Bertz CT molecular complexity index is 440. The predicted molar refractivity (Wildman–Crippen MR) is 68.5 cm³/mol. The molecule has 3 heteroatoms. The zero-order chi connectivity index (χ0) is 12.3. The summed E-state index contributed by atoms with van der Waals surface area (Å²) in [6, 6.07) is 5.77. The maximum atomic E-state index is 11.5. The highest BCUT2D eigenvalue weighted by molar-refractivity contribution is 5.90. The van der Waals surface area contributed by atoms with Crippen LogP contribution in [0.4, 0.5) is 5.69 Å². The van der Waals surface area contributed by atoms with Gasteiger partial charge in [-0.05, 0) is 36.6 Å². The molecule has 90 valence electrons. The smallest absolute Gasteiger partial charge is 0.337 e. The van der Waals surface area contributed by atoms with Crippen molar-refractivity contribution in [1.29, 1.82) is 0 Å². The van der Waals surface area contributed by atoms with Gasteiger partial charge in [0.2, 0.25) is 0 Å². The fourth-order valence-corrected chi connectivity index (χ4v) is 2.27. The third kappa shape index (κ3) is 2.33. The number of methoxy groups -OCH3 is 1. The number of nitrogens with zero attached hydrogens (tertiary/aromatic N) is 1. The molecule has 0 saturated carbocycles. The summed E-state index contributed by atoms with van der Waals surface area (Å²) < 4.78 is 4.73. The number of esters is 1. The van der Waals surface area contributed by atoms with Crippen molar-refractivity contribution < 1.29 is 9.53 Å². The molecular weight excluding hydrogens is 214 g/mol. The number of carbonyl (C=O) groups is 1. The molecule has 0 aliphatic carbocycles. The highest BCUT2D eigenvalue weighted by Crippen LogP contribution is 2.28. The number of carbonyl (C=O) groups excluding carboxylic acids is 1. The molecule has 0 N–H and O–H groups in total. The lowest BCUT2D eigenvalue weighted by Gasteiger charge is -2.30. The Morgan fingerprint density at radius 1 is 1.59 bits per heavy atom. The van der Waals surface area contributed by atoms with E-state index in [0.717, 1.165) is 25.9 Å². The Kier molecular flexibility index (Phi) is 3.47. The molecule has 0 atom stereocenters. The van der Waals surface area contributed by atoms with E-state index in [1.165, 1.54) is 18.4 Å². The second kappa shape index (κ2) is 5.04. The molecule has 1 heterocycles. The van der Waals surface area contributed by atoms with E-state index in [9.17, 15) is 4.79 Å². The van der Waals surface area contributed by atoms with Gasteiger partial charge in [0.1, 0.15) is 0 Å².